The van der Waals surface area contributed by atoms with E-state index in [1.807, 2.05) is 0 Å². The Morgan fingerprint density at radius 1 is 1.83 bits per heavy atom. The third kappa shape index (κ3) is 2.42. The highest BCUT2D eigenvalue weighted by Crippen LogP contribution is 2.03. The zero-order chi connectivity index (χ0) is 9.14. The Labute approximate surface area is 82.9 Å². The molecule has 0 radical (unpaired) electrons. The smallest absolute Gasteiger partial charge is 0.251 e. The first-order valence-corrected chi connectivity index (χ1v) is 4.43. The molecule has 0 unspecified atom stereocenters. The van der Waals surface area contributed by atoms with Crippen LogP contribution in [0.5, 0.6) is 0 Å². The standard InChI is InChI=1S/C7H7BrN2OS/c1-5(8)4-10-3-2-6(11)9-7(10)12/h2-3H,1,4H2,(H,9,11,12). The zero-order valence-electron chi connectivity index (χ0n) is 6.21. The van der Waals surface area contributed by atoms with E-state index in [-0.39, 0.29) is 5.56 Å². The minimum Gasteiger partial charge on any atom is -0.320 e. The molecule has 0 saturated heterocycles. The summed E-state index contributed by atoms with van der Waals surface area (Å²) in [6.45, 7) is 4.24. The average Bonchev–Trinajstić information content (AvgIpc) is 1.94. The lowest BCUT2D eigenvalue weighted by molar-refractivity contribution is 0.759. The number of aromatic amines is 1. The third-order valence-electron chi connectivity index (χ3n) is 1.24. The Kier molecular flexibility index (Phi) is 2.99. The molecule has 0 fully saturated rings. The molecule has 0 bridgehead atoms. The van der Waals surface area contributed by atoms with E-state index in [2.05, 4.69) is 27.5 Å². The summed E-state index contributed by atoms with van der Waals surface area (Å²) in [4.78, 5) is 13.3. The van der Waals surface area contributed by atoms with Gasteiger partial charge in [-0.15, -0.1) is 0 Å². The SMILES string of the molecule is C=C(Br)Cn1ccc(=O)[nH]c1=S. The van der Waals surface area contributed by atoms with Crippen LogP contribution >= 0.6 is 28.1 Å². The minimum absolute atomic E-state index is 0.184. The second-order valence-corrected chi connectivity index (χ2v) is 3.76. The van der Waals surface area contributed by atoms with E-state index in [0.717, 1.165) is 4.48 Å². The molecule has 0 aliphatic rings. The Morgan fingerprint density at radius 2 is 2.50 bits per heavy atom. The molecule has 64 valence electrons. The van der Waals surface area contributed by atoms with Gasteiger partial charge in [-0.05, 0) is 12.2 Å². The summed E-state index contributed by atoms with van der Waals surface area (Å²) in [5, 5.41) is 0. The van der Waals surface area contributed by atoms with Crippen molar-refractivity contribution in [3.05, 3.63) is 38.4 Å². The van der Waals surface area contributed by atoms with Gasteiger partial charge in [-0.1, -0.05) is 22.5 Å². The van der Waals surface area contributed by atoms with E-state index in [1.54, 1.807) is 10.8 Å². The van der Waals surface area contributed by atoms with E-state index in [4.69, 9.17) is 12.2 Å². The van der Waals surface area contributed by atoms with Crippen LogP contribution in [0.15, 0.2) is 28.1 Å². The molecule has 1 aromatic rings. The lowest BCUT2D eigenvalue weighted by Crippen LogP contribution is -2.10. The van der Waals surface area contributed by atoms with Crippen LogP contribution in [0.1, 0.15) is 0 Å². The number of hydrogen-bond donors (Lipinski definition) is 1. The van der Waals surface area contributed by atoms with Crippen LogP contribution in [0.4, 0.5) is 0 Å². The van der Waals surface area contributed by atoms with Gasteiger partial charge in [-0.2, -0.15) is 0 Å². The van der Waals surface area contributed by atoms with Gasteiger partial charge in [0.2, 0.25) is 0 Å². The molecule has 0 aliphatic carbocycles. The highest BCUT2D eigenvalue weighted by Gasteiger charge is 1.93. The fourth-order valence-corrected chi connectivity index (χ4v) is 1.25. The molecule has 0 aliphatic heterocycles. The number of H-pyrrole nitrogens is 1. The summed E-state index contributed by atoms with van der Waals surface area (Å²) in [6, 6.07) is 1.42. The predicted octanol–water partition coefficient (Wildman–Crippen LogP) is 1.81. The average molecular weight is 247 g/mol. The topological polar surface area (TPSA) is 37.8 Å². The van der Waals surface area contributed by atoms with E-state index in [9.17, 15) is 4.79 Å². The van der Waals surface area contributed by atoms with Gasteiger partial charge in [0, 0.05) is 16.7 Å². The molecule has 0 atom stereocenters. The van der Waals surface area contributed by atoms with Crippen LogP contribution in [0, 0.1) is 4.77 Å². The van der Waals surface area contributed by atoms with Gasteiger partial charge in [0.05, 0.1) is 6.54 Å². The quantitative estimate of drug-likeness (QED) is 0.809. The van der Waals surface area contributed by atoms with Gasteiger partial charge in [0.1, 0.15) is 0 Å². The van der Waals surface area contributed by atoms with Crippen molar-refractivity contribution in [1.29, 1.82) is 0 Å². The van der Waals surface area contributed by atoms with E-state index in [0.29, 0.717) is 11.3 Å². The van der Waals surface area contributed by atoms with Crippen LogP contribution in [0.2, 0.25) is 0 Å². The largest absolute Gasteiger partial charge is 0.320 e. The monoisotopic (exact) mass is 246 g/mol. The molecule has 0 aromatic carbocycles. The first kappa shape index (κ1) is 9.41. The van der Waals surface area contributed by atoms with Crippen molar-refractivity contribution in [1.82, 2.24) is 9.55 Å². The molecule has 0 amide bonds. The van der Waals surface area contributed by atoms with E-state index < -0.39 is 0 Å². The predicted molar refractivity (Wildman–Crippen MR) is 54.0 cm³/mol. The van der Waals surface area contributed by atoms with Crippen molar-refractivity contribution in [2.75, 3.05) is 0 Å². The van der Waals surface area contributed by atoms with Gasteiger partial charge in [0.15, 0.2) is 4.77 Å². The Morgan fingerprint density at radius 3 is 3.00 bits per heavy atom. The highest BCUT2D eigenvalue weighted by atomic mass is 79.9. The molecule has 1 aromatic heterocycles. The molecular formula is C7H7BrN2OS. The second-order valence-electron chi connectivity index (χ2n) is 2.26. The maximum Gasteiger partial charge on any atom is 0.251 e. The summed E-state index contributed by atoms with van der Waals surface area (Å²) in [5.74, 6) is 0. The molecule has 3 nitrogen and oxygen atoms in total. The molecule has 0 spiro atoms. The summed E-state index contributed by atoms with van der Waals surface area (Å²) < 4.78 is 2.93. The van der Waals surface area contributed by atoms with E-state index in [1.165, 1.54) is 6.07 Å². The summed E-state index contributed by atoms with van der Waals surface area (Å²) in [6.07, 6.45) is 1.63. The number of nitrogens with one attached hydrogen (secondary N) is 1. The second kappa shape index (κ2) is 3.82. The van der Waals surface area contributed by atoms with Crippen LogP contribution in [-0.2, 0) is 6.54 Å². The Hall–Kier alpha value is -0.680. The fraction of sp³-hybridized carbons (Fsp3) is 0.143. The number of halogens is 1. The van der Waals surface area contributed by atoms with Gasteiger partial charge in [0.25, 0.3) is 5.56 Å². The molecule has 1 rings (SSSR count). The van der Waals surface area contributed by atoms with Crippen LogP contribution in [-0.4, -0.2) is 9.55 Å². The van der Waals surface area contributed by atoms with Crippen molar-refractivity contribution in [3.8, 4) is 0 Å². The zero-order valence-corrected chi connectivity index (χ0v) is 8.61. The number of rotatable bonds is 2. The molecule has 1 heterocycles. The Balaban J connectivity index is 3.10. The van der Waals surface area contributed by atoms with Crippen LogP contribution < -0.4 is 5.56 Å². The normalized spacial score (nSPS) is 9.75. The maximum absolute atomic E-state index is 10.8. The van der Waals surface area contributed by atoms with Gasteiger partial charge >= 0.3 is 0 Å². The molecule has 0 saturated carbocycles. The van der Waals surface area contributed by atoms with Crippen molar-refractivity contribution in [2.24, 2.45) is 0 Å². The lowest BCUT2D eigenvalue weighted by atomic mass is 10.5. The number of aromatic nitrogens is 2. The van der Waals surface area contributed by atoms with Crippen LogP contribution in [0.3, 0.4) is 0 Å². The summed E-state index contributed by atoms with van der Waals surface area (Å²) in [7, 11) is 0. The van der Waals surface area contributed by atoms with Crippen molar-refractivity contribution >= 4 is 28.1 Å². The number of hydrogen-bond acceptors (Lipinski definition) is 2. The minimum atomic E-state index is -0.184. The first-order valence-electron chi connectivity index (χ1n) is 3.22. The number of nitrogens with zero attached hydrogens (tertiary/aromatic N) is 1. The highest BCUT2D eigenvalue weighted by molar-refractivity contribution is 9.11. The molecule has 12 heavy (non-hydrogen) atoms. The molecule has 5 heteroatoms. The lowest BCUT2D eigenvalue weighted by Gasteiger charge is -2.02. The molecular weight excluding hydrogens is 240 g/mol. The van der Waals surface area contributed by atoms with Crippen molar-refractivity contribution < 1.29 is 0 Å². The fourth-order valence-electron chi connectivity index (χ4n) is 0.754. The third-order valence-corrected chi connectivity index (χ3v) is 1.83. The first-order chi connectivity index (χ1) is 5.59. The number of allylic oxidation sites excluding steroid dienone is 1. The van der Waals surface area contributed by atoms with Gasteiger partial charge < -0.3 is 4.57 Å². The Bertz CT molecular complexity index is 406. The van der Waals surface area contributed by atoms with Crippen LogP contribution in [0.25, 0.3) is 0 Å². The van der Waals surface area contributed by atoms with Gasteiger partial charge in [-0.3, -0.25) is 9.78 Å². The molecule has 1 N–H and O–H groups in total. The summed E-state index contributed by atoms with van der Waals surface area (Å²) >= 11 is 8.11. The van der Waals surface area contributed by atoms with E-state index >= 15 is 0 Å². The maximum atomic E-state index is 10.8. The van der Waals surface area contributed by atoms with Crippen molar-refractivity contribution in [3.63, 3.8) is 0 Å². The van der Waals surface area contributed by atoms with Gasteiger partial charge in [-0.25, -0.2) is 0 Å². The van der Waals surface area contributed by atoms with Crippen molar-refractivity contribution in [2.45, 2.75) is 6.54 Å². The summed E-state index contributed by atoms with van der Waals surface area (Å²) in [5.41, 5.74) is -0.184.